The van der Waals surface area contributed by atoms with Gasteiger partial charge in [0, 0.05) is 6.21 Å². The van der Waals surface area contributed by atoms with E-state index in [-0.39, 0.29) is 11.5 Å². The summed E-state index contributed by atoms with van der Waals surface area (Å²) in [5, 5.41) is 15.1. The van der Waals surface area contributed by atoms with Gasteiger partial charge in [-0.05, 0) is 50.1 Å². The number of para-hydroxylation sites is 1. The number of carboxylic acid groups (broad SMARTS) is 1. The molecule has 0 saturated heterocycles. The Morgan fingerprint density at radius 3 is 2.54 bits per heavy atom. The number of carbonyl (C=O) groups excluding carboxylic acids is 1. The minimum absolute atomic E-state index is 0.124. The van der Waals surface area contributed by atoms with Crippen LogP contribution in [0.3, 0.4) is 0 Å². The van der Waals surface area contributed by atoms with Gasteiger partial charge in [0.15, 0.2) is 0 Å². The Hall–Kier alpha value is -3.28. The van der Waals surface area contributed by atoms with Crippen molar-refractivity contribution in [3.05, 3.63) is 59.2 Å². The Morgan fingerprint density at radius 1 is 1.19 bits per heavy atom. The highest BCUT2D eigenvalue weighted by Gasteiger charge is 2.33. The number of rotatable bonds is 4. The summed E-state index contributed by atoms with van der Waals surface area (Å²) in [6.07, 6.45) is 1.48. The Bertz CT molecular complexity index is 933. The highest BCUT2D eigenvalue weighted by atomic mass is 16.4. The van der Waals surface area contributed by atoms with E-state index in [1.807, 2.05) is 31.2 Å². The number of amides is 1. The van der Waals surface area contributed by atoms with Gasteiger partial charge in [0.25, 0.3) is 5.91 Å². The molecule has 0 radical (unpaired) electrons. The standard InChI is InChI=1S/C20H19N3O3/c1-12-9-13(2)18(16(10-12)20(25)26)21-11-17-14(3)22-23(19(17)24)15-7-5-4-6-8-15/h4-11,17H,1-3H3,(H,25,26). The van der Waals surface area contributed by atoms with Crippen LogP contribution in [0, 0.1) is 19.8 Å². The highest BCUT2D eigenvalue weighted by molar-refractivity contribution is 6.23. The minimum Gasteiger partial charge on any atom is -0.478 e. The summed E-state index contributed by atoms with van der Waals surface area (Å²) in [4.78, 5) is 28.6. The number of aliphatic imine (C=N–C) groups is 1. The number of anilines is 1. The number of aryl methyl sites for hydroxylation is 2. The van der Waals surface area contributed by atoms with Crippen molar-refractivity contribution in [2.45, 2.75) is 20.8 Å². The molecule has 0 saturated carbocycles. The summed E-state index contributed by atoms with van der Waals surface area (Å²) in [5.41, 5.74) is 3.39. The van der Waals surface area contributed by atoms with Gasteiger partial charge in [-0.2, -0.15) is 10.1 Å². The fourth-order valence-electron chi connectivity index (χ4n) is 2.95. The van der Waals surface area contributed by atoms with E-state index in [0.717, 1.165) is 11.1 Å². The van der Waals surface area contributed by atoms with Crippen LogP contribution in [0.25, 0.3) is 0 Å². The maximum absolute atomic E-state index is 12.7. The molecule has 0 aliphatic carbocycles. The number of benzene rings is 2. The van der Waals surface area contributed by atoms with Crippen LogP contribution >= 0.6 is 0 Å². The lowest BCUT2D eigenvalue weighted by molar-refractivity contribution is -0.118. The van der Waals surface area contributed by atoms with Crippen molar-refractivity contribution in [3.8, 4) is 0 Å². The lowest BCUT2D eigenvalue weighted by Gasteiger charge is -2.12. The van der Waals surface area contributed by atoms with E-state index < -0.39 is 11.9 Å². The monoisotopic (exact) mass is 349 g/mol. The zero-order valence-corrected chi connectivity index (χ0v) is 14.8. The largest absolute Gasteiger partial charge is 0.478 e. The number of nitrogens with zero attached hydrogens (tertiary/aromatic N) is 3. The molecule has 1 N–H and O–H groups in total. The molecule has 1 aliphatic heterocycles. The van der Waals surface area contributed by atoms with Gasteiger partial charge < -0.3 is 5.11 Å². The van der Waals surface area contributed by atoms with Crippen molar-refractivity contribution < 1.29 is 14.7 Å². The van der Waals surface area contributed by atoms with E-state index in [1.165, 1.54) is 11.2 Å². The predicted molar refractivity (Wildman–Crippen MR) is 102 cm³/mol. The van der Waals surface area contributed by atoms with Crippen molar-refractivity contribution in [2.24, 2.45) is 16.0 Å². The number of hydrogen-bond acceptors (Lipinski definition) is 4. The van der Waals surface area contributed by atoms with Crippen molar-refractivity contribution >= 4 is 35.2 Å². The summed E-state index contributed by atoms with van der Waals surface area (Å²) >= 11 is 0. The minimum atomic E-state index is -1.04. The molecular formula is C20H19N3O3. The number of carbonyl (C=O) groups is 2. The van der Waals surface area contributed by atoms with Crippen LogP contribution in [0.1, 0.15) is 28.4 Å². The predicted octanol–water partition coefficient (Wildman–Crippen LogP) is 3.74. The van der Waals surface area contributed by atoms with Gasteiger partial charge in [-0.25, -0.2) is 4.79 Å². The molecule has 0 spiro atoms. The third kappa shape index (κ3) is 3.26. The van der Waals surface area contributed by atoms with Crippen LogP contribution in [-0.4, -0.2) is 28.9 Å². The van der Waals surface area contributed by atoms with Crippen LogP contribution in [0.2, 0.25) is 0 Å². The molecule has 1 amide bonds. The second-order valence-corrected chi connectivity index (χ2v) is 6.27. The number of aromatic carboxylic acids is 1. The van der Waals surface area contributed by atoms with Crippen LogP contribution < -0.4 is 5.01 Å². The number of hydrazone groups is 1. The second kappa shape index (κ2) is 6.92. The van der Waals surface area contributed by atoms with Crippen LogP contribution in [-0.2, 0) is 4.79 Å². The summed E-state index contributed by atoms with van der Waals surface area (Å²) in [7, 11) is 0. The molecule has 1 heterocycles. The summed E-state index contributed by atoms with van der Waals surface area (Å²) in [5.74, 6) is -1.87. The van der Waals surface area contributed by atoms with Crippen LogP contribution in [0.4, 0.5) is 11.4 Å². The second-order valence-electron chi connectivity index (χ2n) is 6.27. The Morgan fingerprint density at radius 2 is 1.88 bits per heavy atom. The molecule has 0 bridgehead atoms. The molecule has 2 aromatic rings. The molecule has 1 atom stereocenters. The topological polar surface area (TPSA) is 82.3 Å². The van der Waals surface area contributed by atoms with Gasteiger partial charge >= 0.3 is 5.97 Å². The first-order valence-corrected chi connectivity index (χ1v) is 8.21. The van der Waals surface area contributed by atoms with Crippen molar-refractivity contribution in [2.75, 3.05) is 5.01 Å². The quantitative estimate of drug-likeness (QED) is 0.854. The Balaban J connectivity index is 1.92. The molecule has 26 heavy (non-hydrogen) atoms. The molecule has 0 aromatic heterocycles. The zero-order chi connectivity index (χ0) is 18.8. The SMILES string of the molecule is CC1=NN(c2ccccc2)C(=O)C1C=Nc1c(C)cc(C)cc1C(=O)O. The smallest absolute Gasteiger partial charge is 0.337 e. The average Bonchev–Trinajstić information content (AvgIpc) is 2.88. The van der Waals surface area contributed by atoms with Gasteiger partial charge in [0.2, 0.25) is 0 Å². The van der Waals surface area contributed by atoms with E-state index in [2.05, 4.69) is 10.1 Å². The average molecular weight is 349 g/mol. The fraction of sp³-hybridized carbons (Fsp3) is 0.200. The molecule has 1 aliphatic rings. The first kappa shape index (κ1) is 17.5. The number of hydrogen-bond donors (Lipinski definition) is 1. The summed E-state index contributed by atoms with van der Waals surface area (Å²) < 4.78 is 0. The fourth-order valence-corrected chi connectivity index (χ4v) is 2.95. The first-order chi connectivity index (χ1) is 12.4. The van der Waals surface area contributed by atoms with Gasteiger partial charge in [-0.1, -0.05) is 24.3 Å². The molecule has 6 nitrogen and oxygen atoms in total. The van der Waals surface area contributed by atoms with E-state index in [9.17, 15) is 14.7 Å². The normalized spacial score (nSPS) is 17.0. The molecule has 3 rings (SSSR count). The van der Waals surface area contributed by atoms with Gasteiger partial charge in [-0.3, -0.25) is 9.79 Å². The summed E-state index contributed by atoms with van der Waals surface area (Å²) in [6.45, 7) is 5.40. The molecule has 1 unspecified atom stereocenters. The van der Waals surface area contributed by atoms with Crippen LogP contribution in [0.15, 0.2) is 52.6 Å². The van der Waals surface area contributed by atoms with Crippen LogP contribution in [0.5, 0.6) is 0 Å². The van der Waals surface area contributed by atoms with Crippen molar-refractivity contribution in [1.29, 1.82) is 0 Å². The first-order valence-electron chi connectivity index (χ1n) is 8.21. The third-order valence-corrected chi connectivity index (χ3v) is 4.21. The molecule has 2 aromatic carbocycles. The Labute approximate surface area is 151 Å². The zero-order valence-electron chi connectivity index (χ0n) is 14.8. The van der Waals surface area contributed by atoms with Crippen molar-refractivity contribution in [1.82, 2.24) is 0 Å². The van der Waals surface area contributed by atoms with E-state index in [4.69, 9.17) is 0 Å². The van der Waals surface area contributed by atoms with Gasteiger partial charge in [0.1, 0.15) is 5.92 Å². The van der Waals surface area contributed by atoms with Gasteiger partial charge in [-0.15, -0.1) is 0 Å². The van der Waals surface area contributed by atoms with E-state index in [0.29, 0.717) is 17.1 Å². The number of carboxylic acids is 1. The summed E-state index contributed by atoms with van der Waals surface area (Å²) in [6, 6.07) is 12.6. The maximum Gasteiger partial charge on any atom is 0.337 e. The van der Waals surface area contributed by atoms with Crippen molar-refractivity contribution in [3.63, 3.8) is 0 Å². The molecule has 132 valence electrons. The van der Waals surface area contributed by atoms with E-state index >= 15 is 0 Å². The highest BCUT2D eigenvalue weighted by Crippen LogP contribution is 2.27. The van der Waals surface area contributed by atoms with E-state index in [1.54, 1.807) is 32.0 Å². The maximum atomic E-state index is 12.7. The molecule has 0 fully saturated rings. The molecular weight excluding hydrogens is 330 g/mol. The Kier molecular flexibility index (Phi) is 4.67. The lowest BCUT2D eigenvalue weighted by Crippen LogP contribution is -2.27. The molecule has 6 heteroatoms. The van der Waals surface area contributed by atoms with Gasteiger partial charge in [0.05, 0.1) is 22.6 Å². The lowest BCUT2D eigenvalue weighted by atomic mass is 10.0. The third-order valence-electron chi connectivity index (χ3n) is 4.21.